The van der Waals surface area contributed by atoms with Gasteiger partial charge in [0.2, 0.25) is 0 Å². The van der Waals surface area contributed by atoms with Gasteiger partial charge < -0.3 is 19.7 Å². The van der Waals surface area contributed by atoms with Gasteiger partial charge in [0, 0.05) is 37.4 Å². The van der Waals surface area contributed by atoms with Gasteiger partial charge in [0.1, 0.15) is 5.69 Å². The number of carbonyl (C=O) groups is 2. The average molecular weight is 365 g/mol. The molecule has 3 heterocycles. The van der Waals surface area contributed by atoms with Gasteiger partial charge in [-0.15, -0.1) is 11.3 Å². The van der Waals surface area contributed by atoms with Crippen LogP contribution in [0.5, 0.6) is 0 Å². The number of piperidine rings is 1. The van der Waals surface area contributed by atoms with Gasteiger partial charge >= 0.3 is 0 Å². The van der Waals surface area contributed by atoms with Crippen molar-refractivity contribution in [3.63, 3.8) is 0 Å². The number of ether oxygens (including phenoxy) is 2. The van der Waals surface area contributed by atoms with Gasteiger partial charge in [-0.25, -0.2) is 4.98 Å². The second kappa shape index (κ2) is 7.01. The monoisotopic (exact) mass is 365 g/mol. The Labute approximate surface area is 150 Å². The fourth-order valence-corrected chi connectivity index (χ4v) is 4.49. The zero-order valence-corrected chi connectivity index (χ0v) is 15.0. The largest absolute Gasteiger partial charge is 0.347 e. The quantitative estimate of drug-likeness (QED) is 0.883. The molecule has 0 bridgehead atoms. The number of nitrogens with one attached hydrogen (secondary N) is 1. The summed E-state index contributed by atoms with van der Waals surface area (Å²) < 4.78 is 11.4. The van der Waals surface area contributed by atoms with Gasteiger partial charge in [-0.2, -0.15) is 0 Å². The smallest absolute Gasteiger partial charge is 0.280 e. The number of thiazole rings is 1. The Morgan fingerprint density at radius 2 is 1.88 bits per heavy atom. The Hall–Kier alpha value is -1.51. The number of aromatic nitrogens is 1. The molecule has 2 aliphatic heterocycles. The molecule has 1 spiro atoms. The Bertz CT molecular complexity index is 640. The summed E-state index contributed by atoms with van der Waals surface area (Å²) in [7, 11) is 0. The number of nitrogens with zero attached hydrogens (tertiary/aromatic N) is 2. The van der Waals surface area contributed by atoms with E-state index < -0.39 is 5.79 Å². The second-order valence-corrected chi connectivity index (χ2v) is 7.75. The van der Waals surface area contributed by atoms with Crippen LogP contribution in [-0.2, 0) is 9.47 Å². The number of hydrogen-bond acceptors (Lipinski definition) is 6. The minimum atomic E-state index is -0.495. The maximum absolute atomic E-state index is 12.6. The van der Waals surface area contributed by atoms with E-state index in [1.807, 2.05) is 0 Å². The van der Waals surface area contributed by atoms with Crippen LogP contribution in [0.15, 0.2) is 5.38 Å². The first-order valence-corrected chi connectivity index (χ1v) is 9.87. The van der Waals surface area contributed by atoms with Crippen molar-refractivity contribution in [3.8, 4) is 0 Å². The average Bonchev–Trinajstić information content (AvgIpc) is 3.37. The molecule has 7 nitrogen and oxygen atoms in total. The minimum Gasteiger partial charge on any atom is -0.347 e. The van der Waals surface area contributed by atoms with E-state index >= 15 is 0 Å². The highest BCUT2D eigenvalue weighted by Crippen LogP contribution is 2.31. The Morgan fingerprint density at radius 3 is 2.56 bits per heavy atom. The van der Waals surface area contributed by atoms with Crippen LogP contribution in [0.4, 0.5) is 0 Å². The standard InChI is InChI=1S/C17H23N3O4S/c21-14(18-12-3-1-2-4-12)15-19-13(11-25-15)16(22)20-7-5-17(6-8-20)23-9-10-24-17/h11-12H,1-10H2,(H,18,21). The van der Waals surface area contributed by atoms with Crippen LogP contribution >= 0.6 is 11.3 Å². The Balaban J connectivity index is 1.35. The Kier molecular flexibility index (Phi) is 4.75. The van der Waals surface area contributed by atoms with Crippen LogP contribution in [0.3, 0.4) is 0 Å². The molecule has 2 amide bonds. The van der Waals surface area contributed by atoms with Crippen molar-refractivity contribution in [1.29, 1.82) is 0 Å². The van der Waals surface area contributed by atoms with Crippen LogP contribution in [-0.4, -0.2) is 59.8 Å². The maximum Gasteiger partial charge on any atom is 0.280 e. The van der Waals surface area contributed by atoms with Crippen molar-refractivity contribution >= 4 is 23.2 Å². The molecule has 8 heteroatoms. The van der Waals surface area contributed by atoms with E-state index in [0.717, 1.165) is 25.7 Å². The summed E-state index contributed by atoms with van der Waals surface area (Å²) in [6, 6.07) is 0.250. The van der Waals surface area contributed by atoms with Gasteiger partial charge in [0.15, 0.2) is 10.8 Å². The molecule has 4 rings (SSSR count). The number of carbonyl (C=O) groups excluding carboxylic acids is 2. The Morgan fingerprint density at radius 1 is 1.20 bits per heavy atom. The fourth-order valence-electron chi connectivity index (χ4n) is 3.79. The van der Waals surface area contributed by atoms with Crippen molar-refractivity contribution < 1.29 is 19.1 Å². The van der Waals surface area contributed by atoms with E-state index in [0.29, 0.717) is 49.8 Å². The molecule has 25 heavy (non-hydrogen) atoms. The zero-order valence-electron chi connectivity index (χ0n) is 14.2. The lowest BCUT2D eigenvalue weighted by atomic mass is 10.0. The molecule has 0 aromatic carbocycles. The van der Waals surface area contributed by atoms with E-state index in [-0.39, 0.29) is 17.9 Å². The summed E-state index contributed by atoms with van der Waals surface area (Å²) in [6.07, 6.45) is 5.74. The summed E-state index contributed by atoms with van der Waals surface area (Å²) in [5, 5.41) is 5.06. The van der Waals surface area contributed by atoms with Crippen LogP contribution in [0.2, 0.25) is 0 Å². The van der Waals surface area contributed by atoms with Crippen molar-refractivity contribution in [2.24, 2.45) is 0 Å². The summed E-state index contributed by atoms with van der Waals surface area (Å²) in [5.41, 5.74) is 0.353. The summed E-state index contributed by atoms with van der Waals surface area (Å²) >= 11 is 1.23. The zero-order chi connectivity index (χ0) is 17.3. The van der Waals surface area contributed by atoms with E-state index in [1.165, 1.54) is 11.3 Å². The van der Waals surface area contributed by atoms with Gasteiger partial charge in [-0.1, -0.05) is 12.8 Å². The highest BCUT2D eigenvalue weighted by atomic mass is 32.1. The van der Waals surface area contributed by atoms with Crippen LogP contribution in [0, 0.1) is 0 Å². The second-order valence-electron chi connectivity index (χ2n) is 6.89. The third-order valence-electron chi connectivity index (χ3n) is 5.23. The molecule has 3 fully saturated rings. The summed E-state index contributed by atoms with van der Waals surface area (Å²) in [6.45, 7) is 2.42. The molecule has 1 aromatic heterocycles. The number of rotatable bonds is 3. The molecule has 3 aliphatic rings. The van der Waals surface area contributed by atoms with Crippen molar-refractivity contribution in [3.05, 3.63) is 16.1 Å². The molecule has 1 N–H and O–H groups in total. The molecule has 1 aromatic rings. The first kappa shape index (κ1) is 16.9. The van der Waals surface area contributed by atoms with Gasteiger partial charge in [-0.05, 0) is 12.8 Å². The third-order valence-corrected chi connectivity index (χ3v) is 6.08. The molecule has 0 radical (unpaired) electrons. The molecular weight excluding hydrogens is 342 g/mol. The molecule has 0 atom stereocenters. The van der Waals surface area contributed by atoms with Crippen molar-refractivity contribution in [2.75, 3.05) is 26.3 Å². The lowest BCUT2D eigenvalue weighted by molar-refractivity contribution is -0.181. The van der Waals surface area contributed by atoms with Gasteiger partial charge in [-0.3, -0.25) is 9.59 Å². The molecule has 136 valence electrons. The fraction of sp³-hybridized carbons (Fsp3) is 0.706. The number of likely N-dealkylation sites (tertiary alicyclic amines) is 1. The molecule has 0 unspecified atom stereocenters. The van der Waals surface area contributed by atoms with Crippen LogP contribution in [0.1, 0.15) is 58.8 Å². The maximum atomic E-state index is 12.6. The topological polar surface area (TPSA) is 80.8 Å². The van der Waals surface area contributed by atoms with Gasteiger partial charge in [0.05, 0.1) is 13.2 Å². The molecular formula is C17H23N3O4S. The SMILES string of the molecule is O=C(NC1CCCC1)c1nc(C(=O)N2CCC3(CC2)OCCO3)cs1. The predicted octanol–water partition coefficient (Wildman–Crippen LogP) is 1.79. The summed E-state index contributed by atoms with van der Waals surface area (Å²) in [5.74, 6) is -0.782. The van der Waals surface area contributed by atoms with Crippen molar-refractivity contribution in [2.45, 2.75) is 50.4 Å². The summed E-state index contributed by atoms with van der Waals surface area (Å²) in [4.78, 5) is 30.9. The molecule has 1 saturated carbocycles. The van der Waals surface area contributed by atoms with Crippen molar-refractivity contribution in [1.82, 2.24) is 15.2 Å². The van der Waals surface area contributed by atoms with E-state index in [9.17, 15) is 9.59 Å². The lowest BCUT2D eigenvalue weighted by Crippen LogP contribution is -2.47. The first-order chi connectivity index (χ1) is 12.2. The van der Waals surface area contributed by atoms with Crippen LogP contribution < -0.4 is 5.32 Å². The minimum absolute atomic E-state index is 0.121. The predicted molar refractivity (Wildman–Crippen MR) is 91.6 cm³/mol. The highest BCUT2D eigenvalue weighted by Gasteiger charge is 2.41. The van der Waals surface area contributed by atoms with E-state index in [2.05, 4.69) is 10.3 Å². The lowest BCUT2D eigenvalue weighted by Gasteiger charge is -2.37. The van der Waals surface area contributed by atoms with E-state index in [1.54, 1.807) is 10.3 Å². The van der Waals surface area contributed by atoms with E-state index in [4.69, 9.17) is 9.47 Å². The van der Waals surface area contributed by atoms with Gasteiger partial charge in [0.25, 0.3) is 11.8 Å². The third kappa shape index (κ3) is 3.56. The number of hydrogen-bond donors (Lipinski definition) is 1. The normalized spacial score (nSPS) is 23.3. The molecule has 2 saturated heterocycles. The van der Waals surface area contributed by atoms with Crippen LogP contribution in [0.25, 0.3) is 0 Å². The highest BCUT2D eigenvalue weighted by molar-refractivity contribution is 7.11. The first-order valence-electron chi connectivity index (χ1n) is 8.99. The molecule has 1 aliphatic carbocycles. The number of amides is 2.